The summed E-state index contributed by atoms with van der Waals surface area (Å²) in [4.78, 5) is 26.2. The van der Waals surface area contributed by atoms with Crippen molar-refractivity contribution in [1.82, 2.24) is 10.2 Å². The SMILES string of the molecule is CC(=O)C[C@@H]1[C@@]2(C)C=C(C#N)C(=O)C(C)(C)[C@@H]2CC[C@@]1(C)C(C)(C)CC[C@@]1(c2nnc(C)s2)CCC(C)(C)CC1C. The van der Waals surface area contributed by atoms with Crippen LogP contribution in [0.1, 0.15) is 131 Å². The first kappa shape index (κ1) is 32.1. The Labute approximate surface area is 253 Å². The van der Waals surface area contributed by atoms with E-state index in [2.05, 4.69) is 66.6 Å². The molecular formula is C35H53N3O2S. The molecule has 1 aromatic heterocycles. The van der Waals surface area contributed by atoms with Gasteiger partial charge >= 0.3 is 0 Å². The van der Waals surface area contributed by atoms with E-state index in [-0.39, 0.29) is 45.2 Å². The zero-order valence-corrected chi connectivity index (χ0v) is 28.3. The minimum absolute atomic E-state index is 0.0133. The Morgan fingerprint density at radius 2 is 1.78 bits per heavy atom. The number of rotatable bonds is 7. The van der Waals surface area contributed by atoms with E-state index in [1.165, 1.54) is 17.8 Å². The van der Waals surface area contributed by atoms with Gasteiger partial charge in [-0.3, -0.25) is 4.79 Å². The molecular weight excluding hydrogens is 526 g/mol. The Balaban J connectivity index is 1.75. The van der Waals surface area contributed by atoms with Crippen molar-refractivity contribution in [2.24, 2.45) is 44.8 Å². The van der Waals surface area contributed by atoms with E-state index < -0.39 is 10.8 Å². The van der Waals surface area contributed by atoms with E-state index in [9.17, 15) is 14.9 Å². The quantitative estimate of drug-likeness (QED) is 0.322. The van der Waals surface area contributed by atoms with Crippen LogP contribution in [-0.2, 0) is 15.0 Å². The molecule has 3 aliphatic carbocycles. The molecule has 0 amide bonds. The monoisotopic (exact) mass is 579 g/mol. The lowest BCUT2D eigenvalue weighted by atomic mass is 9.39. The van der Waals surface area contributed by atoms with Crippen LogP contribution in [0.15, 0.2) is 11.6 Å². The van der Waals surface area contributed by atoms with E-state index >= 15 is 0 Å². The third kappa shape index (κ3) is 5.17. The fourth-order valence-electron chi connectivity index (χ4n) is 9.75. The first-order valence-corrected chi connectivity index (χ1v) is 16.6. The maximum Gasteiger partial charge on any atom is 0.178 e. The largest absolute Gasteiger partial charge is 0.300 e. The Morgan fingerprint density at radius 1 is 1.12 bits per heavy atom. The summed E-state index contributed by atoms with van der Waals surface area (Å²) in [6, 6.07) is 2.23. The number of hydrogen-bond donors (Lipinski definition) is 0. The van der Waals surface area contributed by atoms with Gasteiger partial charge in [0.05, 0.1) is 5.57 Å². The van der Waals surface area contributed by atoms with Crippen LogP contribution in [0, 0.1) is 63.1 Å². The van der Waals surface area contributed by atoms with Crippen LogP contribution in [-0.4, -0.2) is 21.8 Å². The van der Waals surface area contributed by atoms with Gasteiger partial charge in [-0.1, -0.05) is 68.4 Å². The molecule has 0 aliphatic heterocycles. The standard InChI is InChI=1S/C35H53N3O2S/c1-22-19-30(4,5)14-16-35(22,29-38-37-24(3)41-29)17-15-31(6,7)34(11)13-12-26-32(8,9)28(40)25(21-36)20-33(26,10)27(34)18-23(2)39/h20,22,26-27H,12-19H2,1-11H3/t22?,26-,27+,33-,34+,35-/m0/s1. The molecule has 5 nitrogen and oxygen atoms in total. The number of aryl methyl sites for hydroxylation is 1. The fraction of sp³-hybridized carbons (Fsp3) is 0.800. The molecule has 0 aromatic carbocycles. The summed E-state index contributed by atoms with van der Waals surface area (Å²) >= 11 is 1.77. The molecule has 2 saturated carbocycles. The molecule has 0 radical (unpaired) electrons. The van der Waals surface area contributed by atoms with E-state index in [1.807, 2.05) is 19.9 Å². The molecule has 1 aromatic rings. The van der Waals surface area contributed by atoms with Crippen LogP contribution in [0.4, 0.5) is 0 Å². The molecule has 6 atom stereocenters. The van der Waals surface area contributed by atoms with E-state index in [0.29, 0.717) is 17.8 Å². The topological polar surface area (TPSA) is 83.7 Å². The molecule has 2 fully saturated rings. The molecule has 6 heteroatoms. The van der Waals surface area contributed by atoms with Crippen LogP contribution < -0.4 is 0 Å². The molecule has 1 heterocycles. The van der Waals surface area contributed by atoms with E-state index in [0.717, 1.165) is 37.1 Å². The lowest BCUT2D eigenvalue weighted by Gasteiger charge is -2.64. The maximum atomic E-state index is 13.3. The van der Waals surface area contributed by atoms with Gasteiger partial charge in [-0.25, -0.2) is 0 Å². The zero-order chi connectivity index (χ0) is 30.8. The first-order chi connectivity index (χ1) is 18.8. The number of hydrogen-bond acceptors (Lipinski definition) is 6. The highest BCUT2D eigenvalue weighted by Gasteiger charge is 2.63. The molecule has 1 unspecified atom stereocenters. The average molecular weight is 580 g/mol. The second-order valence-corrected chi connectivity index (χ2v) is 17.7. The fourth-order valence-corrected chi connectivity index (χ4v) is 10.8. The van der Waals surface area contributed by atoms with Crippen molar-refractivity contribution in [3.63, 3.8) is 0 Å². The van der Waals surface area contributed by atoms with E-state index in [4.69, 9.17) is 5.10 Å². The van der Waals surface area contributed by atoms with Gasteiger partial charge in [-0.05, 0) is 98.2 Å². The summed E-state index contributed by atoms with van der Waals surface area (Å²) in [6.07, 6.45) is 9.91. The van der Waals surface area contributed by atoms with Crippen LogP contribution in [0.3, 0.4) is 0 Å². The van der Waals surface area contributed by atoms with Gasteiger partial charge in [0.1, 0.15) is 21.9 Å². The minimum atomic E-state index is -0.626. The predicted molar refractivity (Wildman–Crippen MR) is 166 cm³/mol. The number of aromatic nitrogens is 2. The molecule has 0 spiro atoms. The third-order valence-electron chi connectivity index (χ3n) is 12.7. The van der Waals surface area contributed by atoms with Gasteiger partial charge in [0.15, 0.2) is 5.78 Å². The Hall–Kier alpha value is -1.87. The molecule has 41 heavy (non-hydrogen) atoms. The second kappa shape index (κ2) is 10.4. The van der Waals surface area contributed by atoms with Crippen molar-refractivity contribution in [2.45, 2.75) is 133 Å². The normalized spacial score (nSPS) is 36.7. The number of ketones is 2. The number of nitrogens with zero attached hydrogens (tertiary/aromatic N) is 3. The summed E-state index contributed by atoms with van der Waals surface area (Å²) in [5.41, 5.74) is -0.638. The van der Waals surface area contributed by atoms with Crippen LogP contribution in [0.5, 0.6) is 0 Å². The van der Waals surface area contributed by atoms with Gasteiger partial charge in [-0.15, -0.1) is 21.5 Å². The van der Waals surface area contributed by atoms with Crippen LogP contribution in [0.25, 0.3) is 0 Å². The van der Waals surface area contributed by atoms with Crippen molar-refractivity contribution >= 4 is 22.9 Å². The molecule has 0 N–H and O–H groups in total. The number of nitriles is 1. The zero-order valence-electron chi connectivity index (χ0n) is 27.5. The summed E-state index contributed by atoms with van der Waals surface area (Å²) in [5, 5.41) is 21.4. The highest BCUT2D eigenvalue weighted by molar-refractivity contribution is 7.11. The highest BCUT2D eigenvalue weighted by Crippen LogP contribution is 2.68. The first-order valence-electron chi connectivity index (χ1n) is 15.7. The number of Topliss-reactive ketones (excluding diaryl/α,β-unsaturated/α-hetero) is 2. The lowest BCUT2D eigenvalue weighted by molar-refractivity contribution is -0.156. The predicted octanol–water partition coefficient (Wildman–Crippen LogP) is 8.81. The molecule has 0 bridgehead atoms. The summed E-state index contributed by atoms with van der Waals surface area (Å²) in [7, 11) is 0. The van der Waals surface area contributed by atoms with Gasteiger partial charge in [-0.2, -0.15) is 5.26 Å². The van der Waals surface area contributed by atoms with Crippen LogP contribution >= 0.6 is 11.3 Å². The minimum Gasteiger partial charge on any atom is -0.300 e. The number of fused-ring (bicyclic) bond motifs is 1. The van der Waals surface area contributed by atoms with Crippen molar-refractivity contribution in [1.29, 1.82) is 5.26 Å². The van der Waals surface area contributed by atoms with Crippen molar-refractivity contribution < 1.29 is 9.59 Å². The van der Waals surface area contributed by atoms with Crippen molar-refractivity contribution in [3.05, 3.63) is 21.7 Å². The van der Waals surface area contributed by atoms with Crippen molar-refractivity contribution in [2.75, 3.05) is 0 Å². The van der Waals surface area contributed by atoms with Crippen LogP contribution in [0.2, 0.25) is 0 Å². The number of allylic oxidation sites excluding steroid dienone is 2. The Morgan fingerprint density at radius 3 is 2.32 bits per heavy atom. The van der Waals surface area contributed by atoms with Gasteiger partial charge in [0.25, 0.3) is 0 Å². The van der Waals surface area contributed by atoms with Gasteiger partial charge in [0.2, 0.25) is 0 Å². The molecule has 4 rings (SSSR count). The number of carbonyl (C=O) groups is 2. The van der Waals surface area contributed by atoms with Gasteiger partial charge < -0.3 is 4.79 Å². The molecule has 3 aliphatic rings. The Bertz CT molecular complexity index is 1280. The van der Waals surface area contributed by atoms with E-state index in [1.54, 1.807) is 18.3 Å². The summed E-state index contributed by atoms with van der Waals surface area (Å²) < 4.78 is 0. The molecule has 226 valence electrons. The number of carbonyl (C=O) groups excluding carboxylic acids is 2. The average Bonchev–Trinajstić information content (AvgIpc) is 3.29. The maximum absolute atomic E-state index is 13.3. The summed E-state index contributed by atoms with van der Waals surface area (Å²) in [6.45, 7) is 24.5. The molecule has 0 saturated heterocycles. The smallest absolute Gasteiger partial charge is 0.178 e. The van der Waals surface area contributed by atoms with Gasteiger partial charge in [0, 0.05) is 17.3 Å². The second-order valence-electron chi connectivity index (χ2n) is 16.5. The third-order valence-corrected chi connectivity index (χ3v) is 13.8. The Kier molecular flexibility index (Phi) is 8.12. The summed E-state index contributed by atoms with van der Waals surface area (Å²) in [5.74, 6) is 0.790. The highest BCUT2D eigenvalue weighted by atomic mass is 32.1. The van der Waals surface area contributed by atoms with Crippen molar-refractivity contribution in [3.8, 4) is 6.07 Å². The lowest BCUT2D eigenvalue weighted by Crippen LogP contribution is -2.60.